The number of nitrogens with one attached hydrogen (secondary N) is 2. The maximum Gasteiger partial charge on any atom is 0.309 e. The molecule has 2 aliphatic rings. The van der Waals surface area contributed by atoms with E-state index in [0.717, 1.165) is 21.7 Å². The van der Waals surface area contributed by atoms with E-state index >= 15 is 0 Å². The lowest BCUT2D eigenvalue weighted by Gasteiger charge is -2.36. The number of aliphatic hydroxyl groups is 1. The molecule has 3 N–H and O–H groups in total. The molecule has 2 heterocycles. The number of likely N-dealkylation sites (tertiary alicyclic amines) is 1. The van der Waals surface area contributed by atoms with Gasteiger partial charge in [-0.25, -0.2) is 11.6 Å². The van der Waals surface area contributed by atoms with Gasteiger partial charge in [0.1, 0.15) is 12.1 Å². The second-order valence-corrected chi connectivity index (χ2v) is 13.3. The van der Waals surface area contributed by atoms with Crippen LogP contribution >= 0.6 is 11.3 Å². The Hall–Kier alpha value is -3.29. The number of aliphatic hydroxyl groups excluding tert-OH is 1. The average Bonchev–Trinajstić information content (AvgIpc) is 3.44. The summed E-state index contributed by atoms with van der Waals surface area (Å²) in [6.45, 7) is 18.9. The number of aromatic nitrogens is 1. The molecular weight excluding hydrogens is 526 g/mol. The van der Waals surface area contributed by atoms with Crippen molar-refractivity contribution in [2.45, 2.75) is 90.6 Å². The molecule has 4 rings (SSSR count). The van der Waals surface area contributed by atoms with Gasteiger partial charge >= 0.3 is 11.4 Å². The van der Waals surface area contributed by atoms with Crippen molar-refractivity contribution >= 4 is 29.1 Å². The van der Waals surface area contributed by atoms with Gasteiger partial charge in [0.05, 0.1) is 28.2 Å². The minimum Gasteiger partial charge on any atom is -0.391 e. The van der Waals surface area contributed by atoms with Crippen LogP contribution in [0, 0.1) is 24.8 Å². The number of hydrogen-bond donors (Lipinski definition) is 3. The van der Waals surface area contributed by atoms with Gasteiger partial charge in [-0.05, 0) is 29.4 Å². The van der Waals surface area contributed by atoms with Crippen LogP contribution in [0.1, 0.15) is 71.2 Å². The number of aryl methyl sites for hydroxylation is 1. The van der Waals surface area contributed by atoms with Gasteiger partial charge in [-0.2, -0.15) is 0 Å². The van der Waals surface area contributed by atoms with Crippen LogP contribution in [0.5, 0.6) is 0 Å². The van der Waals surface area contributed by atoms with E-state index in [1.807, 2.05) is 71.3 Å². The van der Waals surface area contributed by atoms with Crippen LogP contribution < -0.4 is 10.6 Å². The minimum absolute atomic E-state index is 0.00255. The van der Waals surface area contributed by atoms with E-state index in [9.17, 15) is 19.5 Å². The van der Waals surface area contributed by atoms with Gasteiger partial charge in [0.15, 0.2) is 0 Å². The molecule has 1 saturated carbocycles. The van der Waals surface area contributed by atoms with E-state index in [2.05, 4.69) is 20.5 Å². The SMILES string of the molecule is [C-]#[N+]C1(C(=O)N[C@H](C(=O)N2C[C@H](O)C[C@H]2C(=O)NC(c2ccc(-c3scnc3C)cc2)C(C)C)C(C)(C)C)CC1. The predicted octanol–water partition coefficient (Wildman–Crippen LogP) is 3.88. The molecule has 0 spiro atoms. The monoisotopic (exact) mass is 565 g/mol. The van der Waals surface area contributed by atoms with Crippen molar-refractivity contribution in [2.24, 2.45) is 11.3 Å². The molecule has 2 aromatic rings. The summed E-state index contributed by atoms with van der Waals surface area (Å²) in [6, 6.07) is 5.94. The minimum atomic E-state index is -1.09. The fourth-order valence-corrected chi connectivity index (χ4v) is 6.01. The van der Waals surface area contributed by atoms with Crippen molar-refractivity contribution in [3.63, 3.8) is 0 Å². The maximum absolute atomic E-state index is 13.8. The van der Waals surface area contributed by atoms with Crippen LogP contribution in [0.2, 0.25) is 0 Å². The molecule has 9 nitrogen and oxygen atoms in total. The molecule has 0 bridgehead atoms. The van der Waals surface area contributed by atoms with Gasteiger partial charge in [-0.3, -0.25) is 19.2 Å². The van der Waals surface area contributed by atoms with Crippen molar-refractivity contribution in [3.8, 4) is 10.4 Å². The number of nitrogens with zero attached hydrogens (tertiary/aromatic N) is 3. The van der Waals surface area contributed by atoms with E-state index in [1.165, 1.54) is 4.90 Å². The molecule has 2 fully saturated rings. The second-order valence-electron chi connectivity index (χ2n) is 12.4. The molecule has 1 saturated heterocycles. The van der Waals surface area contributed by atoms with Crippen molar-refractivity contribution in [1.82, 2.24) is 20.5 Å². The molecule has 214 valence electrons. The number of benzene rings is 1. The van der Waals surface area contributed by atoms with Crippen LogP contribution in [-0.4, -0.2) is 63.0 Å². The number of amides is 3. The molecule has 0 radical (unpaired) electrons. The van der Waals surface area contributed by atoms with Gasteiger partial charge in [0, 0.05) is 25.8 Å². The Balaban J connectivity index is 1.52. The Morgan fingerprint density at radius 2 is 1.82 bits per heavy atom. The highest BCUT2D eigenvalue weighted by molar-refractivity contribution is 7.13. The summed E-state index contributed by atoms with van der Waals surface area (Å²) in [5.74, 6) is -1.15. The summed E-state index contributed by atoms with van der Waals surface area (Å²) in [7, 11) is 0. The Kier molecular flexibility index (Phi) is 8.38. The summed E-state index contributed by atoms with van der Waals surface area (Å²) in [5, 5.41) is 16.4. The second kappa shape index (κ2) is 11.3. The van der Waals surface area contributed by atoms with E-state index < -0.39 is 41.0 Å². The molecule has 3 amide bonds. The summed E-state index contributed by atoms with van der Waals surface area (Å²) < 4.78 is 0. The van der Waals surface area contributed by atoms with E-state index in [1.54, 1.807) is 11.3 Å². The van der Waals surface area contributed by atoms with Gasteiger partial charge < -0.3 is 20.6 Å². The van der Waals surface area contributed by atoms with Crippen LogP contribution in [0.25, 0.3) is 15.3 Å². The largest absolute Gasteiger partial charge is 0.391 e. The highest BCUT2D eigenvalue weighted by Gasteiger charge is 2.59. The molecule has 1 aromatic carbocycles. The zero-order valence-corrected chi connectivity index (χ0v) is 24.8. The van der Waals surface area contributed by atoms with Crippen molar-refractivity contribution < 1.29 is 19.5 Å². The van der Waals surface area contributed by atoms with Crippen LogP contribution in [0.3, 0.4) is 0 Å². The Labute approximate surface area is 240 Å². The van der Waals surface area contributed by atoms with Crippen molar-refractivity contribution in [1.29, 1.82) is 0 Å². The van der Waals surface area contributed by atoms with Gasteiger partial charge in [-0.15, -0.1) is 11.3 Å². The molecule has 1 aromatic heterocycles. The van der Waals surface area contributed by atoms with Crippen LogP contribution in [0.4, 0.5) is 0 Å². The smallest absolute Gasteiger partial charge is 0.309 e. The fourth-order valence-electron chi connectivity index (χ4n) is 5.20. The molecular formula is C30H39N5O4S. The van der Waals surface area contributed by atoms with Crippen LogP contribution in [0.15, 0.2) is 29.8 Å². The number of hydrogen-bond acceptors (Lipinski definition) is 6. The summed E-state index contributed by atoms with van der Waals surface area (Å²) in [5.41, 5.74) is 3.04. The first kappa shape index (κ1) is 29.7. The number of rotatable bonds is 8. The third-order valence-electron chi connectivity index (χ3n) is 7.86. The molecule has 10 heteroatoms. The van der Waals surface area contributed by atoms with Gasteiger partial charge in [-0.1, -0.05) is 58.9 Å². The van der Waals surface area contributed by atoms with Gasteiger partial charge in [0.2, 0.25) is 11.8 Å². The predicted molar refractivity (Wildman–Crippen MR) is 154 cm³/mol. The zero-order chi connectivity index (χ0) is 29.4. The van der Waals surface area contributed by atoms with E-state index in [4.69, 9.17) is 6.57 Å². The van der Waals surface area contributed by atoms with E-state index in [-0.39, 0.29) is 30.8 Å². The lowest BCUT2D eigenvalue weighted by molar-refractivity contribution is -0.144. The first-order valence-corrected chi connectivity index (χ1v) is 14.6. The topological polar surface area (TPSA) is 116 Å². The molecule has 40 heavy (non-hydrogen) atoms. The molecule has 4 atom stereocenters. The molecule has 1 unspecified atom stereocenters. The first-order valence-electron chi connectivity index (χ1n) is 13.8. The third-order valence-corrected chi connectivity index (χ3v) is 8.83. The number of thiazole rings is 1. The number of carbonyl (C=O) groups is 3. The summed E-state index contributed by atoms with van der Waals surface area (Å²) in [6.07, 6.45) is 0.209. The first-order chi connectivity index (χ1) is 18.8. The fraction of sp³-hybridized carbons (Fsp3) is 0.567. The Morgan fingerprint density at radius 1 is 1.18 bits per heavy atom. The Bertz CT molecular complexity index is 1300. The highest BCUT2D eigenvalue weighted by atomic mass is 32.1. The average molecular weight is 566 g/mol. The maximum atomic E-state index is 13.8. The van der Waals surface area contributed by atoms with Crippen LogP contribution in [-0.2, 0) is 14.4 Å². The molecule has 1 aliphatic carbocycles. The summed E-state index contributed by atoms with van der Waals surface area (Å²) >= 11 is 1.58. The van der Waals surface area contributed by atoms with Gasteiger partial charge in [0.25, 0.3) is 0 Å². The number of carbonyl (C=O) groups excluding carboxylic acids is 3. The third kappa shape index (κ3) is 6.06. The lowest BCUT2D eigenvalue weighted by atomic mass is 9.85. The normalized spacial score (nSPS) is 21.4. The standard InChI is InChI=1S/C30H39N5O4S/c1-17(2)23(19-8-10-20(11-9-19)24-18(3)32-16-40-24)33-26(37)22-14-21(36)15-35(22)27(38)25(29(4,5)6)34-28(39)30(31-7)12-13-30/h8-11,16-17,21-23,25,36H,12-15H2,1-6H3,(H,33,37)(H,34,39)/t21-,22+,23?,25-/m1/s1. The van der Waals surface area contributed by atoms with Crippen molar-refractivity contribution in [2.75, 3.05) is 6.54 Å². The van der Waals surface area contributed by atoms with E-state index in [0.29, 0.717) is 12.8 Å². The lowest BCUT2D eigenvalue weighted by Crippen LogP contribution is -2.59. The quantitative estimate of drug-likeness (QED) is 0.420. The highest BCUT2D eigenvalue weighted by Crippen LogP contribution is 2.40. The summed E-state index contributed by atoms with van der Waals surface area (Å²) in [4.78, 5) is 50.7. The zero-order valence-electron chi connectivity index (χ0n) is 24.0. The molecule has 1 aliphatic heterocycles. The number of β-amino-alcohol motifs (C(OH)–C–C–N with tert-alkyl or cyclic N) is 1. The Morgan fingerprint density at radius 3 is 2.33 bits per heavy atom. The van der Waals surface area contributed by atoms with Crippen molar-refractivity contribution in [3.05, 3.63) is 52.5 Å².